The van der Waals surface area contributed by atoms with Gasteiger partial charge < -0.3 is 5.32 Å². The van der Waals surface area contributed by atoms with Crippen LogP contribution in [0.25, 0.3) is 5.70 Å². The van der Waals surface area contributed by atoms with Gasteiger partial charge in [0.15, 0.2) is 0 Å². The molecular formula is C16H11BrClN5. The first-order chi connectivity index (χ1) is 11.2. The van der Waals surface area contributed by atoms with Crippen LogP contribution in [0, 0.1) is 0 Å². The largest absolute Gasteiger partial charge is 0.323 e. The van der Waals surface area contributed by atoms with E-state index in [0.29, 0.717) is 11.0 Å². The highest BCUT2D eigenvalue weighted by molar-refractivity contribution is 9.10. The van der Waals surface area contributed by atoms with Crippen LogP contribution in [0.4, 0.5) is 5.95 Å². The summed E-state index contributed by atoms with van der Waals surface area (Å²) in [4.78, 5) is 0. The average molecular weight is 389 g/mol. The first kappa shape index (κ1) is 14.4. The van der Waals surface area contributed by atoms with Gasteiger partial charge in [0, 0.05) is 15.2 Å². The molecule has 0 spiro atoms. The van der Waals surface area contributed by atoms with Crippen LogP contribution in [-0.2, 0) is 0 Å². The third-order valence-electron chi connectivity index (χ3n) is 3.67. The van der Waals surface area contributed by atoms with Gasteiger partial charge in [-0.05, 0) is 51.9 Å². The first-order valence-electron chi connectivity index (χ1n) is 6.99. The van der Waals surface area contributed by atoms with Crippen LogP contribution in [0.15, 0.2) is 59.1 Å². The van der Waals surface area contributed by atoms with Crippen LogP contribution >= 0.6 is 27.5 Å². The minimum atomic E-state index is -0.0903. The van der Waals surface area contributed by atoms with Crippen molar-refractivity contribution < 1.29 is 0 Å². The van der Waals surface area contributed by atoms with E-state index in [4.69, 9.17) is 11.6 Å². The smallest absolute Gasteiger partial charge is 0.248 e. The molecule has 1 unspecified atom stereocenters. The van der Waals surface area contributed by atoms with E-state index in [-0.39, 0.29) is 6.04 Å². The van der Waals surface area contributed by atoms with Crippen LogP contribution in [0.1, 0.15) is 17.2 Å². The maximum Gasteiger partial charge on any atom is 0.248 e. The summed E-state index contributed by atoms with van der Waals surface area (Å²) in [6.45, 7) is 0. The average Bonchev–Trinajstić information content (AvgIpc) is 3.03. The predicted molar refractivity (Wildman–Crippen MR) is 93.1 cm³/mol. The number of benzene rings is 2. The van der Waals surface area contributed by atoms with Gasteiger partial charge in [-0.3, -0.25) is 0 Å². The van der Waals surface area contributed by atoms with E-state index in [2.05, 4.69) is 48.9 Å². The van der Waals surface area contributed by atoms with E-state index < -0.39 is 0 Å². The normalized spacial score (nSPS) is 16.4. The van der Waals surface area contributed by atoms with E-state index >= 15 is 0 Å². The molecule has 0 fully saturated rings. The second kappa shape index (κ2) is 5.79. The van der Waals surface area contributed by atoms with Gasteiger partial charge >= 0.3 is 0 Å². The summed E-state index contributed by atoms with van der Waals surface area (Å²) in [6.07, 6.45) is 2.11. The quantitative estimate of drug-likeness (QED) is 0.717. The van der Waals surface area contributed by atoms with Gasteiger partial charge in [-0.15, -0.1) is 0 Å². The van der Waals surface area contributed by atoms with Crippen LogP contribution in [0.5, 0.6) is 0 Å². The zero-order valence-corrected chi connectivity index (χ0v) is 14.2. The fourth-order valence-corrected chi connectivity index (χ4v) is 3.10. The maximum absolute atomic E-state index is 5.99. The molecule has 0 saturated carbocycles. The SMILES string of the molecule is Clc1ccc(C2C=C(c3cccc(Br)c3)Nc3nnnn32)cc1. The molecule has 5 nitrogen and oxygen atoms in total. The van der Waals surface area contributed by atoms with Gasteiger partial charge in [0.25, 0.3) is 0 Å². The van der Waals surface area contributed by atoms with E-state index in [1.54, 1.807) is 4.68 Å². The minimum Gasteiger partial charge on any atom is -0.323 e. The number of halogens is 2. The zero-order valence-electron chi connectivity index (χ0n) is 11.8. The Morgan fingerprint density at radius 3 is 2.74 bits per heavy atom. The Labute approximate surface area is 146 Å². The minimum absolute atomic E-state index is 0.0903. The molecule has 1 N–H and O–H groups in total. The van der Waals surface area contributed by atoms with E-state index in [1.165, 1.54) is 0 Å². The molecule has 3 aromatic rings. The van der Waals surface area contributed by atoms with Crippen LogP contribution in [0.3, 0.4) is 0 Å². The van der Waals surface area contributed by atoms with Crippen molar-refractivity contribution in [1.82, 2.24) is 20.2 Å². The number of tetrazole rings is 1. The lowest BCUT2D eigenvalue weighted by Gasteiger charge is -2.23. The van der Waals surface area contributed by atoms with Crippen molar-refractivity contribution in [2.45, 2.75) is 6.04 Å². The molecule has 0 bridgehead atoms. The molecule has 2 heterocycles. The third kappa shape index (κ3) is 2.75. The molecule has 0 amide bonds. The van der Waals surface area contributed by atoms with Gasteiger partial charge in [0.2, 0.25) is 5.95 Å². The van der Waals surface area contributed by atoms with Gasteiger partial charge in [-0.2, -0.15) is 4.68 Å². The summed E-state index contributed by atoms with van der Waals surface area (Å²) in [7, 11) is 0. The molecule has 1 atom stereocenters. The monoisotopic (exact) mass is 387 g/mol. The van der Waals surface area contributed by atoms with Crippen molar-refractivity contribution in [2.75, 3.05) is 5.32 Å². The van der Waals surface area contributed by atoms with E-state index in [1.807, 2.05) is 42.5 Å². The Kier molecular flexibility index (Phi) is 3.63. The van der Waals surface area contributed by atoms with E-state index in [9.17, 15) is 0 Å². The number of hydrogen-bond acceptors (Lipinski definition) is 4. The number of fused-ring (bicyclic) bond motifs is 1. The summed E-state index contributed by atoms with van der Waals surface area (Å²) in [5.41, 5.74) is 3.10. The lowest BCUT2D eigenvalue weighted by molar-refractivity contribution is 0.586. The Balaban J connectivity index is 1.81. The molecule has 2 aromatic carbocycles. The number of allylic oxidation sites excluding steroid dienone is 1. The van der Waals surface area contributed by atoms with Crippen molar-refractivity contribution in [3.05, 3.63) is 75.2 Å². The van der Waals surface area contributed by atoms with Crippen molar-refractivity contribution in [1.29, 1.82) is 0 Å². The lowest BCUT2D eigenvalue weighted by Crippen LogP contribution is -2.20. The highest BCUT2D eigenvalue weighted by atomic mass is 79.9. The number of anilines is 1. The fourth-order valence-electron chi connectivity index (χ4n) is 2.58. The predicted octanol–water partition coefficient (Wildman–Crippen LogP) is 4.15. The summed E-state index contributed by atoms with van der Waals surface area (Å²) in [5.74, 6) is 0.613. The standard InChI is InChI=1S/C16H11BrClN5/c17-12-3-1-2-11(8-12)14-9-15(10-4-6-13(18)7-5-10)23-16(19-14)20-21-22-23/h1-9,15H,(H,19,20,22). The van der Waals surface area contributed by atoms with E-state index in [0.717, 1.165) is 21.3 Å². The molecule has 1 aliphatic heterocycles. The van der Waals surface area contributed by atoms with Gasteiger partial charge in [0.05, 0.1) is 0 Å². The van der Waals surface area contributed by atoms with Gasteiger partial charge in [-0.25, -0.2) is 0 Å². The molecule has 0 saturated heterocycles. The Morgan fingerprint density at radius 1 is 1.13 bits per heavy atom. The molecule has 114 valence electrons. The molecule has 7 heteroatoms. The maximum atomic E-state index is 5.99. The fraction of sp³-hybridized carbons (Fsp3) is 0.0625. The molecule has 0 aliphatic carbocycles. The molecule has 0 radical (unpaired) electrons. The lowest BCUT2D eigenvalue weighted by atomic mass is 10.0. The van der Waals surface area contributed by atoms with Crippen molar-refractivity contribution in [3.8, 4) is 0 Å². The second-order valence-corrected chi connectivity index (χ2v) is 6.51. The summed E-state index contributed by atoms with van der Waals surface area (Å²) >= 11 is 9.50. The summed E-state index contributed by atoms with van der Waals surface area (Å²) < 4.78 is 2.77. The van der Waals surface area contributed by atoms with Crippen molar-refractivity contribution in [3.63, 3.8) is 0 Å². The van der Waals surface area contributed by atoms with Crippen molar-refractivity contribution >= 4 is 39.2 Å². The number of aromatic nitrogens is 4. The highest BCUT2D eigenvalue weighted by Gasteiger charge is 2.24. The van der Waals surface area contributed by atoms with Crippen LogP contribution in [-0.4, -0.2) is 20.2 Å². The number of rotatable bonds is 2. The molecule has 1 aromatic heterocycles. The molecule has 23 heavy (non-hydrogen) atoms. The number of hydrogen-bond donors (Lipinski definition) is 1. The Bertz CT molecular complexity index is 887. The molecule has 4 rings (SSSR count). The Morgan fingerprint density at radius 2 is 1.96 bits per heavy atom. The molecule has 1 aliphatic rings. The van der Waals surface area contributed by atoms with Crippen LogP contribution in [0.2, 0.25) is 5.02 Å². The first-order valence-corrected chi connectivity index (χ1v) is 8.16. The third-order valence-corrected chi connectivity index (χ3v) is 4.42. The van der Waals surface area contributed by atoms with Crippen LogP contribution < -0.4 is 5.32 Å². The number of nitrogens with one attached hydrogen (secondary N) is 1. The second-order valence-electron chi connectivity index (χ2n) is 5.16. The highest BCUT2D eigenvalue weighted by Crippen LogP contribution is 2.32. The number of nitrogens with zero attached hydrogens (tertiary/aromatic N) is 4. The van der Waals surface area contributed by atoms with Gasteiger partial charge in [0.1, 0.15) is 6.04 Å². The molecular weight excluding hydrogens is 378 g/mol. The summed E-state index contributed by atoms with van der Waals surface area (Å²) in [5, 5.41) is 15.9. The van der Waals surface area contributed by atoms with Crippen molar-refractivity contribution in [2.24, 2.45) is 0 Å². The Hall–Kier alpha value is -2.18. The summed E-state index contributed by atoms with van der Waals surface area (Å²) in [6, 6.07) is 15.7. The van der Waals surface area contributed by atoms with Gasteiger partial charge in [-0.1, -0.05) is 56.9 Å². The zero-order chi connectivity index (χ0) is 15.8. The topological polar surface area (TPSA) is 55.6 Å².